The van der Waals surface area contributed by atoms with Gasteiger partial charge in [0.1, 0.15) is 35.2 Å². The van der Waals surface area contributed by atoms with Crippen LogP contribution in [0.5, 0.6) is 5.75 Å². The maximum absolute atomic E-state index is 13.4. The van der Waals surface area contributed by atoms with E-state index in [4.69, 9.17) is 37.6 Å². The van der Waals surface area contributed by atoms with Gasteiger partial charge in [-0.2, -0.15) is 13.2 Å². The second-order valence-corrected chi connectivity index (χ2v) is 11.6. The number of pyridine rings is 1. The first-order valence-corrected chi connectivity index (χ1v) is 14.1. The molecule has 1 saturated carbocycles. The zero-order chi connectivity index (χ0) is 30.7. The summed E-state index contributed by atoms with van der Waals surface area (Å²) in [4.78, 5) is 16.2. The lowest BCUT2D eigenvalue weighted by atomic mass is 9.86. The molecule has 0 atom stereocenters. The van der Waals surface area contributed by atoms with Gasteiger partial charge in [-0.15, -0.1) is 0 Å². The van der Waals surface area contributed by atoms with Crippen LogP contribution in [0.25, 0.3) is 11.3 Å². The fourth-order valence-electron chi connectivity index (χ4n) is 5.31. The van der Waals surface area contributed by atoms with E-state index in [1.165, 1.54) is 11.0 Å². The van der Waals surface area contributed by atoms with Crippen molar-refractivity contribution >= 4 is 35.0 Å². The van der Waals surface area contributed by atoms with Gasteiger partial charge >= 0.3 is 12.1 Å². The Kier molecular flexibility index (Phi) is 7.30. The zero-order valence-electron chi connectivity index (χ0n) is 22.6. The minimum atomic E-state index is -4.96. The molecular formula is C30H24Cl2F3N3O5. The third-order valence-electron chi connectivity index (χ3n) is 7.66. The number of β-amino-alcohol motifs (C(OH)–C–C–N with tert-alkyl or cyclic N) is 1. The van der Waals surface area contributed by atoms with Crippen molar-refractivity contribution in [2.75, 3.05) is 18.0 Å². The van der Waals surface area contributed by atoms with Crippen LogP contribution in [0.4, 0.5) is 19.0 Å². The number of carboxylic acids is 1. The molecule has 8 nitrogen and oxygen atoms in total. The Bertz CT molecular complexity index is 1710. The van der Waals surface area contributed by atoms with Crippen LogP contribution in [0.15, 0.2) is 53.1 Å². The van der Waals surface area contributed by atoms with E-state index < -0.39 is 29.0 Å². The highest BCUT2D eigenvalue weighted by Gasteiger charge is 2.46. The molecule has 43 heavy (non-hydrogen) atoms. The summed E-state index contributed by atoms with van der Waals surface area (Å²) in [6.45, 7) is 1.88. The molecule has 1 saturated heterocycles. The molecule has 1 aliphatic carbocycles. The summed E-state index contributed by atoms with van der Waals surface area (Å²) < 4.78 is 52.0. The zero-order valence-corrected chi connectivity index (χ0v) is 24.1. The molecule has 0 unspecified atom stereocenters. The van der Waals surface area contributed by atoms with Crippen molar-refractivity contribution in [2.45, 2.75) is 44.1 Å². The maximum atomic E-state index is 13.4. The van der Waals surface area contributed by atoms with E-state index >= 15 is 0 Å². The van der Waals surface area contributed by atoms with Gasteiger partial charge in [0.2, 0.25) is 0 Å². The van der Waals surface area contributed by atoms with Crippen molar-refractivity contribution < 1.29 is 37.4 Å². The lowest BCUT2D eigenvalue weighted by molar-refractivity contribution is -0.141. The number of halogens is 5. The Labute approximate surface area is 253 Å². The van der Waals surface area contributed by atoms with Crippen LogP contribution in [0.2, 0.25) is 10.0 Å². The number of hydrogen-bond donors (Lipinski definition) is 2. The standard InChI is InChI=1S/C30H24Cl2F3N3O5/c1-15-3-2-4-21(31)24(15)25-19(26(43-37-25)16-5-6-16)12-42-17-7-9-20(22(32)11-17)29(41)13-38(14-29)23-10-8-18(28(39)40)27(36-23)30(33,34)35/h2-4,7-11,16,41H,5-6,12-14H2,1H3,(H,39,40). The summed E-state index contributed by atoms with van der Waals surface area (Å²) in [5.74, 6) is -0.378. The largest absolute Gasteiger partial charge is 0.489 e. The van der Waals surface area contributed by atoms with Crippen LogP contribution in [-0.2, 0) is 18.4 Å². The van der Waals surface area contributed by atoms with E-state index in [0.717, 1.165) is 41.4 Å². The molecule has 6 rings (SSSR count). The Balaban J connectivity index is 1.19. The fourth-order valence-corrected chi connectivity index (χ4v) is 5.96. The molecule has 1 aliphatic heterocycles. The average Bonchev–Trinajstić information content (AvgIpc) is 3.69. The first-order chi connectivity index (χ1) is 20.4. The Morgan fingerprint density at radius 1 is 1.14 bits per heavy atom. The topological polar surface area (TPSA) is 109 Å². The molecule has 2 fully saturated rings. The number of hydrogen-bond acceptors (Lipinski definition) is 7. The second-order valence-electron chi connectivity index (χ2n) is 10.8. The van der Waals surface area contributed by atoms with E-state index in [1.807, 2.05) is 19.1 Å². The molecule has 0 bridgehead atoms. The van der Waals surface area contributed by atoms with Gasteiger partial charge in [0.05, 0.1) is 34.3 Å². The third kappa shape index (κ3) is 5.52. The van der Waals surface area contributed by atoms with Gasteiger partial charge in [0, 0.05) is 17.0 Å². The Morgan fingerprint density at radius 2 is 1.88 bits per heavy atom. The third-order valence-corrected chi connectivity index (χ3v) is 8.29. The van der Waals surface area contributed by atoms with Gasteiger partial charge in [-0.3, -0.25) is 0 Å². The molecule has 0 radical (unpaired) electrons. The Hall–Kier alpha value is -3.80. The van der Waals surface area contributed by atoms with Crippen LogP contribution >= 0.6 is 23.2 Å². The van der Waals surface area contributed by atoms with E-state index in [0.29, 0.717) is 22.0 Å². The van der Waals surface area contributed by atoms with E-state index in [1.54, 1.807) is 24.3 Å². The molecule has 0 amide bonds. The monoisotopic (exact) mass is 633 g/mol. The van der Waals surface area contributed by atoms with E-state index in [2.05, 4.69) is 10.1 Å². The van der Waals surface area contributed by atoms with Crippen LogP contribution in [0.1, 0.15) is 57.3 Å². The summed E-state index contributed by atoms with van der Waals surface area (Å²) in [6.07, 6.45) is -2.96. The van der Waals surface area contributed by atoms with Crippen molar-refractivity contribution in [2.24, 2.45) is 0 Å². The van der Waals surface area contributed by atoms with Crippen molar-refractivity contribution in [1.82, 2.24) is 10.1 Å². The number of alkyl halides is 3. The molecule has 13 heteroatoms. The van der Waals surface area contributed by atoms with Gasteiger partial charge < -0.3 is 24.4 Å². The molecule has 224 valence electrons. The normalized spacial score (nSPS) is 16.2. The molecule has 2 N–H and O–H groups in total. The van der Waals surface area contributed by atoms with Crippen molar-refractivity contribution in [3.05, 3.63) is 92.3 Å². The van der Waals surface area contributed by atoms with Crippen LogP contribution in [0.3, 0.4) is 0 Å². The minimum absolute atomic E-state index is 0.102. The van der Waals surface area contributed by atoms with Gasteiger partial charge in [-0.1, -0.05) is 46.6 Å². The van der Waals surface area contributed by atoms with Gasteiger partial charge in [-0.25, -0.2) is 9.78 Å². The summed E-state index contributed by atoms with van der Waals surface area (Å²) >= 11 is 13.1. The summed E-state index contributed by atoms with van der Waals surface area (Å²) in [5.41, 5.74) is -0.411. The highest BCUT2D eigenvalue weighted by molar-refractivity contribution is 6.33. The summed E-state index contributed by atoms with van der Waals surface area (Å²) in [5, 5.41) is 25.4. The van der Waals surface area contributed by atoms with Crippen molar-refractivity contribution in [3.8, 4) is 17.0 Å². The number of aromatic carboxylic acids is 1. The molecule has 2 aromatic heterocycles. The number of aryl methyl sites for hydroxylation is 1. The number of nitrogens with zero attached hydrogens (tertiary/aromatic N) is 3. The number of carboxylic acid groups (broad SMARTS) is 1. The first kappa shape index (κ1) is 29.3. The lowest BCUT2D eigenvalue weighted by Gasteiger charge is -2.47. The smallest absolute Gasteiger partial charge is 0.434 e. The van der Waals surface area contributed by atoms with Gasteiger partial charge in [-0.05, 0) is 55.7 Å². The lowest BCUT2D eigenvalue weighted by Crippen LogP contribution is -2.60. The first-order valence-electron chi connectivity index (χ1n) is 13.3. The number of ether oxygens (including phenoxy) is 1. The molecule has 0 spiro atoms. The highest BCUT2D eigenvalue weighted by Crippen LogP contribution is 2.46. The minimum Gasteiger partial charge on any atom is -0.489 e. The van der Waals surface area contributed by atoms with E-state index in [9.17, 15) is 23.1 Å². The van der Waals surface area contributed by atoms with Gasteiger partial charge in [0.25, 0.3) is 0 Å². The second kappa shape index (κ2) is 10.7. The number of benzene rings is 2. The van der Waals surface area contributed by atoms with Crippen LogP contribution in [0, 0.1) is 6.92 Å². The predicted molar refractivity (Wildman–Crippen MR) is 152 cm³/mol. The highest BCUT2D eigenvalue weighted by atomic mass is 35.5. The summed E-state index contributed by atoms with van der Waals surface area (Å²) in [6, 6.07) is 12.4. The fraction of sp³-hybridized carbons (Fsp3) is 0.300. The van der Waals surface area contributed by atoms with Crippen molar-refractivity contribution in [1.29, 1.82) is 0 Å². The number of carbonyl (C=O) groups is 1. The average molecular weight is 634 g/mol. The van der Waals surface area contributed by atoms with Crippen LogP contribution < -0.4 is 9.64 Å². The molecule has 2 aliphatic rings. The SMILES string of the molecule is Cc1cccc(Cl)c1-c1noc(C2CC2)c1COc1ccc(C2(O)CN(c3ccc(C(=O)O)c(C(F)(F)F)n3)C2)c(Cl)c1. The van der Waals surface area contributed by atoms with Crippen LogP contribution in [-0.4, -0.2) is 39.4 Å². The number of aromatic nitrogens is 2. The quantitative estimate of drug-likeness (QED) is 0.209. The Morgan fingerprint density at radius 3 is 2.51 bits per heavy atom. The summed E-state index contributed by atoms with van der Waals surface area (Å²) in [7, 11) is 0. The molecular weight excluding hydrogens is 610 g/mol. The number of aliphatic hydroxyl groups is 1. The van der Waals surface area contributed by atoms with E-state index in [-0.39, 0.29) is 36.5 Å². The molecule has 4 aromatic rings. The molecule has 2 aromatic carbocycles. The maximum Gasteiger partial charge on any atom is 0.434 e. The molecule has 3 heterocycles. The number of anilines is 1. The van der Waals surface area contributed by atoms with Crippen molar-refractivity contribution in [3.63, 3.8) is 0 Å². The predicted octanol–water partition coefficient (Wildman–Crippen LogP) is 7.23. The number of rotatable bonds is 8. The van der Waals surface area contributed by atoms with Gasteiger partial charge in [0.15, 0.2) is 5.69 Å².